The van der Waals surface area contributed by atoms with Gasteiger partial charge in [0.2, 0.25) is 0 Å². The minimum Gasteiger partial charge on any atom is -0.480 e. The summed E-state index contributed by atoms with van der Waals surface area (Å²) in [6.45, 7) is 1.17. The predicted molar refractivity (Wildman–Crippen MR) is 72.6 cm³/mol. The molecule has 0 saturated heterocycles. The van der Waals surface area contributed by atoms with Crippen molar-refractivity contribution >= 4 is 28.6 Å². The number of fused-ring (bicyclic) bond motifs is 1. The molecule has 6 nitrogen and oxygen atoms in total. The third-order valence-electron chi connectivity index (χ3n) is 3.23. The van der Waals surface area contributed by atoms with Gasteiger partial charge in [-0.2, -0.15) is 0 Å². The van der Waals surface area contributed by atoms with Crippen molar-refractivity contribution in [3.8, 4) is 0 Å². The Kier molecular flexibility index (Phi) is 3.56. The molecule has 6 heteroatoms. The van der Waals surface area contributed by atoms with Crippen molar-refractivity contribution in [3.63, 3.8) is 0 Å². The number of aryl methyl sites for hydroxylation is 1. The molecule has 20 heavy (non-hydrogen) atoms. The summed E-state index contributed by atoms with van der Waals surface area (Å²) in [5, 5.41) is 11.3. The number of hydrogen-bond donors (Lipinski definition) is 2. The molecule has 0 aliphatic carbocycles. The molecule has 0 saturated carbocycles. The molecule has 0 atom stereocenters. The van der Waals surface area contributed by atoms with Gasteiger partial charge in [0.25, 0.3) is 11.7 Å². The van der Waals surface area contributed by atoms with Crippen LogP contribution in [0.25, 0.3) is 10.9 Å². The van der Waals surface area contributed by atoms with Crippen molar-refractivity contribution in [2.24, 2.45) is 7.05 Å². The van der Waals surface area contributed by atoms with Crippen molar-refractivity contribution in [1.82, 2.24) is 9.88 Å². The zero-order valence-electron chi connectivity index (χ0n) is 11.1. The molecular weight excluding hydrogens is 260 g/mol. The van der Waals surface area contributed by atoms with Gasteiger partial charge in [0.15, 0.2) is 0 Å². The number of ketones is 1. The number of para-hydroxylation sites is 1. The number of aromatic nitrogens is 1. The molecule has 2 aromatic rings. The second-order valence-corrected chi connectivity index (χ2v) is 4.44. The van der Waals surface area contributed by atoms with E-state index < -0.39 is 24.2 Å². The Balaban J connectivity index is 2.42. The normalized spacial score (nSPS) is 10.5. The molecule has 104 valence electrons. The number of amides is 1. The summed E-state index contributed by atoms with van der Waals surface area (Å²) < 4.78 is 1.83. The molecule has 0 fully saturated rings. The van der Waals surface area contributed by atoms with Gasteiger partial charge in [-0.15, -0.1) is 0 Å². The zero-order valence-corrected chi connectivity index (χ0v) is 11.1. The third kappa shape index (κ3) is 2.27. The number of carbonyl (C=O) groups is 3. The van der Waals surface area contributed by atoms with Crippen molar-refractivity contribution in [2.75, 3.05) is 6.54 Å². The maximum atomic E-state index is 12.2. The summed E-state index contributed by atoms with van der Waals surface area (Å²) in [7, 11) is 1.81. The number of benzene rings is 1. The standard InChI is InChI=1S/C14H14N2O4/c1-8-12(13(19)14(20)15-7-11(17)18)9-5-3-4-6-10(9)16(8)2/h3-6H,7H2,1-2H3,(H,15,20)(H,17,18). The largest absolute Gasteiger partial charge is 0.480 e. The van der Waals surface area contributed by atoms with Gasteiger partial charge in [-0.05, 0) is 13.0 Å². The first kappa shape index (κ1) is 13.8. The van der Waals surface area contributed by atoms with E-state index in [1.807, 2.05) is 23.7 Å². The lowest BCUT2D eigenvalue weighted by Gasteiger charge is -2.02. The van der Waals surface area contributed by atoms with Crippen LogP contribution in [-0.4, -0.2) is 33.9 Å². The molecule has 0 aliphatic heterocycles. The Bertz CT molecular complexity index is 715. The average molecular weight is 274 g/mol. The van der Waals surface area contributed by atoms with Crippen LogP contribution in [0.2, 0.25) is 0 Å². The van der Waals surface area contributed by atoms with E-state index >= 15 is 0 Å². The van der Waals surface area contributed by atoms with Crippen LogP contribution in [-0.2, 0) is 16.6 Å². The summed E-state index contributed by atoms with van der Waals surface area (Å²) in [5.74, 6) is -2.83. The number of hydrogen-bond acceptors (Lipinski definition) is 3. The summed E-state index contributed by atoms with van der Waals surface area (Å²) in [6.07, 6.45) is 0. The number of Topliss-reactive ketones (excluding diaryl/α,β-unsaturated/α-hetero) is 1. The van der Waals surface area contributed by atoms with Crippen molar-refractivity contribution in [2.45, 2.75) is 6.92 Å². The smallest absolute Gasteiger partial charge is 0.322 e. The number of aliphatic carboxylic acids is 1. The van der Waals surface area contributed by atoms with Gasteiger partial charge >= 0.3 is 5.97 Å². The highest BCUT2D eigenvalue weighted by Gasteiger charge is 2.24. The molecule has 0 spiro atoms. The predicted octanol–water partition coefficient (Wildman–Crippen LogP) is 0.870. The Morgan fingerprint density at radius 2 is 1.90 bits per heavy atom. The van der Waals surface area contributed by atoms with Crippen LogP contribution < -0.4 is 5.32 Å². The molecular formula is C14H14N2O4. The number of carboxylic acid groups (broad SMARTS) is 1. The lowest BCUT2D eigenvalue weighted by molar-refractivity contribution is -0.137. The Morgan fingerprint density at radius 3 is 2.55 bits per heavy atom. The molecule has 0 radical (unpaired) electrons. The lowest BCUT2D eigenvalue weighted by Crippen LogP contribution is -2.35. The van der Waals surface area contributed by atoms with Crippen molar-refractivity contribution in [3.05, 3.63) is 35.5 Å². The first-order valence-corrected chi connectivity index (χ1v) is 6.01. The van der Waals surface area contributed by atoms with Crippen LogP contribution in [0.5, 0.6) is 0 Å². The van der Waals surface area contributed by atoms with E-state index in [9.17, 15) is 14.4 Å². The first-order chi connectivity index (χ1) is 9.43. The summed E-state index contributed by atoms with van der Waals surface area (Å²) in [4.78, 5) is 34.3. The van der Waals surface area contributed by atoms with Crippen LogP contribution in [0.15, 0.2) is 24.3 Å². The van der Waals surface area contributed by atoms with Gasteiger partial charge < -0.3 is 15.0 Å². The molecule has 1 amide bonds. The minimum absolute atomic E-state index is 0.311. The summed E-state index contributed by atoms with van der Waals surface area (Å²) >= 11 is 0. The third-order valence-corrected chi connectivity index (χ3v) is 3.23. The van der Waals surface area contributed by atoms with Gasteiger partial charge in [-0.1, -0.05) is 18.2 Å². The number of rotatable bonds is 4. The summed E-state index contributed by atoms with van der Waals surface area (Å²) in [6, 6.07) is 7.25. The molecule has 0 aliphatic rings. The van der Waals surface area contributed by atoms with Gasteiger partial charge in [0.05, 0.1) is 5.56 Å². The molecule has 1 heterocycles. The SMILES string of the molecule is Cc1c(C(=O)C(=O)NCC(=O)O)c2ccccc2n1C. The Hall–Kier alpha value is -2.63. The quantitative estimate of drug-likeness (QED) is 0.639. The van der Waals surface area contributed by atoms with Gasteiger partial charge in [-0.3, -0.25) is 14.4 Å². The maximum absolute atomic E-state index is 12.2. The first-order valence-electron chi connectivity index (χ1n) is 6.01. The molecule has 2 N–H and O–H groups in total. The number of carboxylic acids is 1. The summed E-state index contributed by atoms with van der Waals surface area (Å²) in [5.41, 5.74) is 1.83. The highest BCUT2D eigenvalue weighted by molar-refractivity contribution is 6.45. The fraction of sp³-hybridized carbons (Fsp3) is 0.214. The van der Waals surface area contributed by atoms with Crippen LogP contribution in [0.3, 0.4) is 0 Å². The second kappa shape index (κ2) is 5.16. The number of nitrogens with one attached hydrogen (secondary N) is 1. The number of carbonyl (C=O) groups excluding carboxylic acids is 2. The monoisotopic (exact) mass is 274 g/mol. The second-order valence-electron chi connectivity index (χ2n) is 4.44. The fourth-order valence-corrected chi connectivity index (χ4v) is 2.16. The molecule has 0 unspecified atom stereocenters. The highest BCUT2D eigenvalue weighted by Crippen LogP contribution is 2.25. The fourth-order valence-electron chi connectivity index (χ4n) is 2.16. The topological polar surface area (TPSA) is 88.4 Å². The highest BCUT2D eigenvalue weighted by atomic mass is 16.4. The molecule has 1 aromatic carbocycles. The van der Waals surface area contributed by atoms with E-state index in [0.29, 0.717) is 16.6 Å². The Labute approximate surface area is 115 Å². The minimum atomic E-state index is -1.19. The Morgan fingerprint density at radius 1 is 1.25 bits per heavy atom. The molecule has 1 aromatic heterocycles. The molecule has 2 rings (SSSR count). The lowest BCUT2D eigenvalue weighted by atomic mass is 10.1. The number of nitrogens with zero attached hydrogens (tertiary/aromatic N) is 1. The van der Waals surface area contributed by atoms with Crippen LogP contribution >= 0.6 is 0 Å². The maximum Gasteiger partial charge on any atom is 0.322 e. The van der Waals surface area contributed by atoms with Crippen molar-refractivity contribution < 1.29 is 19.5 Å². The van der Waals surface area contributed by atoms with Crippen molar-refractivity contribution in [1.29, 1.82) is 0 Å². The van der Waals surface area contributed by atoms with Gasteiger partial charge in [0, 0.05) is 23.6 Å². The van der Waals surface area contributed by atoms with E-state index in [1.165, 1.54) is 0 Å². The van der Waals surface area contributed by atoms with Crippen LogP contribution in [0.1, 0.15) is 16.1 Å². The van der Waals surface area contributed by atoms with E-state index in [4.69, 9.17) is 5.11 Å². The van der Waals surface area contributed by atoms with Crippen LogP contribution in [0.4, 0.5) is 0 Å². The van der Waals surface area contributed by atoms with Gasteiger partial charge in [-0.25, -0.2) is 0 Å². The van der Waals surface area contributed by atoms with Gasteiger partial charge in [0.1, 0.15) is 6.54 Å². The zero-order chi connectivity index (χ0) is 14.9. The molecule has 0 bridgehead atoms. The van der Waals surface area contributed by atoms with E-state index in [1.54, 1.807) is 19.1 Å². The van der Waals surface area contributed by atoms with Crippen LogP contribution in [0, 0.1) is 6.92 Å². The van der Waals surface area contributed by atoms with E-state index in [0.717, 1.165) is 5.52 Å². The van der Waals surface area contributed by atoms with E-state index in [-0.39, 0.29) is 0 Å². The van der Waals surface area contributed by atoms with E-state index in [2.05, 4.69) is 5.32 Å². The average Bonchev–Trinajstić information content (AvgIpc) is 2.68.